The lowest BCUT2D eigenvalue weighted by Gasteiger charge is -2.09. The Hall–Kier alpha value is -1.63. The molecule has 1 aromatic carbocycles. The van der Waals surface area contributed by atoms with Crippen LogP contribution in [0.25, 0.3) is 0 Å². The fourth-order valence-electron chi connectivity index (χ4n) is 2.03. The fourth-order valence-corrected chi connectivity index (χ4v) is 2.57. The van der Waals surface area contributed by atoms with Gasteiger partial charge in [-0.05, 0) is 43.3 Å². The summed E-state index contributed by atoms with van der Waals surface area (Å²) in [4.78, 5) is 0.194. The minimum atomic E-state index is -4.25. The Labute approximate surface area is 125 Å². The van der Waals surface area contributed by atoms with Crippen molar-refractivity contribution in [1.82, 2.24) is 9.78 Å². The number of alkyl halides is 3. The number of benzene rings is 1. The van der Waals surface area contributed by atoms with Crippen molar-refractivity contribution in [2.75, 3.05) is 5.32 Å². The zero-order valence-electron chi connectivity index (χ0n) is 12.0. The van der Waals surface area contributed by atoms with Gasteiger partial charge >= 0.3 is 5.51 Å². The van der Waals surface area contributed by atoms with Crippen LogP contribution in [0, 0.1) is 13.8 Å². The Morgan fingerprint density at radius 1 is 1.19 bits per heavy atom. The van der Waals surface area contributed by atoms with Crippen LogP contribution in [0.15, 0.2) is 29.2 Å². The highest BCUT2D eigenvalue weighted by Crippen LogP contribution is 2.36. The number of nitrogens with zero attached hydrogens (tertiary/aromatic N) is 2. The van der Waals surface area contributed by atoms with Gasteiger partial charge in [0.15, 0.2) is 0 Å². The van der Waals surface area contributed by atoms with E-state index in [1.807, 2.05) is 20.9 Å². The summed E-state index contributed by atoms with van der Waals surface area (Å²) in [5, 5.41) is 7.58. The van der Waals surface area contributed by atoms with Gasteiger partial charge in [0.25, 0.3) is 0 Å². The molecule has 0 saturated heterocycles. The van der Waals surface area contributed by atoms with E-state index in [0.29, 0.717) is 6.54 Å². The zero-order chi connectivity index (χ0) is 15.6. The van der Waals surface area contributed by atoms with Gasteiger partial charge in [-0.25, -0.2) is 0 Å². The minimum absolute atomic E-state index is 0.102. The van der Waals surface area contributed by atoms with Gasteiger partial charge in [-0.2, -0.15) is 18.3 Å². The Morgan fingerprint density at radius 3 is 2.29 bits per heavy atom. The number of thioether (sulfide) groups is 1. The average Bonchev–Trinajstić information content (AvgIpc) is 2.61. The molecule has 2 aromatic rings. The lowest BCUT2D eigenvalue weighted by atomic mass is 10.2. The molecule has 0 radical (unpaired) electrons. The SMILES string of the molecule is Cc1nn(C)c(C)c1NCc1ccc(SC(F)(F)F)cc1. The molecule has 0 fully saturated rings. The minimum Gasteiger partial charge on any atom is -0.378 e. The average molecular weight is 315 g/mol. The molecule has 7 heteroatoms. The molecule has 1 heterocycles. The third-order valence-corrected chi connectivity index (χ3v) is 3.87. The summed E-state index contributed by atoms with van der Waals surface area (Å²) in [7, 11) is 1.87. The largest absolute Gasteiger partial charge is 0.446 e. The van der Waals surface area contributed by atoms with Crippen molar-refractivity contribution in [3.8, 4) is 0 Å². The smallest absolute Gasteiger partial charge is 0.378 e. The first kappa shape index (κ1) is 15.8. The highest BCUT2D eigenvalue weighted by atomic mass is 32.2. The van der Waals surface area contributed by atoms with Crippen LogP contribution in [-0.2, 0) is 13.6 Å². The number of anilines is 1. The quantitative estimate of drug-likeness (QED) is 0.855. The van der Waals surface area contributed by atoms with Gasteiger partial charge in [-0.15, -0.1) is 0 Å². The second-order valence-electron chi connectivity index (χ2n) is 4.71. The van der Waals surface area contributed by atoms with Crippen molar-refractivity contribution in [3.05, 3.63) is 41.2 Å². The van der Waals surface area contributed by atoms with E-state index in [-0.39, 0.29) is 16.7 Å². The van der Waals surface area contributed by atoms with Crippen LogP contribution in [0.3, 0.4) is 0 Å². The highest BCUT2D eigenvalue weighted by molar-refractivity contribution is 8.00. The Kier molecular flexibility index (Phi) is 4.51. The summed E-state index contributed by atoms with van der Waals surface area (Å²) < 4.78 is 38.5. The summed E-state index contributed by atoms with van der Waals surface area (Å²) in [6.07, 6.45) is 0. The third-order valence-electron chi connectivity index (χ3n) is 3.14. The van der Waals surface area contributed by atoms with E-state index in [4.69, 9.17) is 0 Å². The Morgan fingerprint density at radius 2 is 1.81 bits per heavy atom. The van der Waals surface area contributed by atoms with Gasteiger partial charge in [0.1, 0.15) is 0 Å². The van der Waals surface area contributed by atoms with Crippen LogP contribution in [0.4, 0.5) is 18.9 Å². The lowest BCUT2D eigenvalue weighted by Crippen LogP contribution is -2.02. The number of aryl methyl sites for hydroxylation is 2. The van der Waals surface area contributed by atoms with E-state index >= 15 is 0 Å². The first-order valence-electron chi connectivity index (χ1n) is 6.35. The molecule has 0 spiro atoms. The van der Waals surface area contributed by atoms with Crippen molar-refractivity contribution in [2.24, 2.45) is 7.05 Å². The lowest BCUT2D eigenvalue weighted by molar-refractivity contribution is -0.0328. The van der Waals surface area contributed by atoms with Crippen LogP contribution in [0.1, 0.15) is 17.0 Å². The molecule has 0 aliphatic carbocycles. The normalized spacial score (nSPS) is 11.7. The summed E-state index contributed by atoms with van der Waals surface area (Å²) in [6, 6.07) is 6.36. The van der Waals surface area contributed by atoms with Crippen molar-refractivity contribution < 1.29 is 13.2 Å². The van der Waals surface area contributed by atoms with Crippen molar-refractivity contribution >= 4 is 17.4 Å². The van der Waals surface area contributed by atoms with E-state index in [1.165, 1.54) is 12.1 Å². The topological polar surface area (TPSA) is 29.9 Å². The molecule has 0 aliphatic heterocycles. The van der Waals surface area contributed by atoms with Gasteiger partial charge in [-0.1, -0.05) is 12.1 Å². The maximum atomic E-state index is 12.2. The Bertz CT molecular complexity index is 618. The third kappa shape index (κ3) is 4.17. The van der Waals surface area contributed by atoms with Crippen molar-refractivity contribution in [2.45, 2.75) is 30.8 Å². The summed E-state index contributed by atoms with van der Waals surface area (Å²) in [6.45, 7) is 4.42. The van der Waals surface area contributed by atoms with Gasteiger partial charge in [0.05, 0.1) is 17.1 Å². The van der Waals surface area contributed by atoms with Gasteiger partial charge < -0.3 is 5.32 Å². The number of halogens is 3. The molecule has 0 bridgehead atoms. The van der Waals surface area contributed by atoms with Crippen LogP contribution in [0.5, 0.6) is 0 Å². The van der Waals surface area contributed by atoms with Gasteiger partial charge in [0.2, 0.25) is 0 Å². The Balaban J connectivity index is 2.01. The van der Waals surface area contributed by atoms with E-state index in [9.17, 15) is 13.2 Å². The molecule has 2 rings (SSSR count). The highest BCUT2D eigenvalue weighted by Gasteiger charge is 2.28. The molecule has 3 nitrogen and oxygen atoms in total. The van der Waals surface area contributed by atoms with Crippen molar-refractivity contribution in [3.63, 3.8) is 0 Å². The molecule has 0 saturated carbocycles. The van der Waals surface area contributed by atoms with E-state index < -0.39 is 5.51 Å². The van der Waals surface area contributed by atoms with Crippen LogP contribution < -0.4 is 5.32 Å². The first-order chi connectivity index (χ1) is 9.76. The predicted octanol–water partition coefficient (Wildman–Crippen LogP) is 4.26. The van der Waals surface area contributed by atoms with E-state index in [1.54, 1.807) is 16.8 Å². The van der Waals surface area contributed by atoms with Gasteiger partial charge in [0, 0.05) is 18.5 Å². The number of nitrogens with one attached hydrogen (secondary N) is 1. The first-order valence-corrected chi connectivity index (χ1v) is 7.16. The second-order valence-corrected chi connectivity index (χ2v) is 5.85. The molecule has 0 aliphatic rings. The maximum Gasteiger partial charge on any atom is 0.446 e. The van der Waals surface area contributed by atoms with Crippen molar-refractivity contribution in [1.29, 1.82) is 0 Å². The number of aromatic nitrogens is 2. The van der Waals surface area contributed by atoms with E-state index in [2.05, 4.69) is 10.4 Å². The molecular formula is C14H16F3N3S. The maximum absolute atomic E-state index is 12.2. The number of rotatable bonds is 4. The zero-order valence-corrected chi connectivity index (χ0v) is 12.8. The standard InChI is InChI=1S/C14H16F3N3S/c1-9-13(10(2)20(3)19-9)18-8-11-4-6-12(7-5-11)21-14(15,16)17/h4-7,18H,8H2,1-3H3. The molecule has 0 amide bonds. The van der Waals surface area contributed by atoms with Crippen LogP contribution >= 0.6 is 11.8 Å². The molecule has 21 heavy (non-hydrogen) atoms. The molecule has 1 aromatic heterocycles. The van der Waals surface area contributed by atoms with Gasteiger partial charge in [-0.3, -0.25) is 4.68 Å². The fraction of sp³-hybridized carbons (Fsp3) is 0.357. The number of hydrogen-bond donors (Lipinski definition) is 1. The predicted molar refractivity (Wildman–Crippen MR) is 78.4 cm³/mol. The summed E-state index contributed by atoms with van der Waals surface area (Å²) >= 11 is -0.102. The molecule has 0 atom stereocenters. The number of hydrogen-bond acceptors (Lipinski definition) is 3. The molecule has 0 unspecified atom stereocenters. The summed E-state index contributed by atoms with van der Waals surface area (Å²) in [5.74, 6) is 0. The summed E-state index contributed by atoms with van der Waals surface area (Å²) in [5.41, 5.74) is -0.435. The molecule has 114 valence electrons. The second kappa shape index (κ2) is 6.01. The van der Waals surface area contributed by atoms with E-state index in [0.717, 1.165) is 22.6 Å². The monoisotopic (exact) mass is 315 g/mol. The molecule has 1 N–H and O–H groups in total. The van der Waals surface area contributed by atoms with Crippen LogP contribution in [-0.4, -0.2) is 15.3 Å². The van der Waals surface area contributed by atoms with Crippen LogP contribution in [0.2, 0.25) is 0 Å². The molecular weight excluding hydrogens is 299 g/mol.